The fraction of sp³-hybridized carbons (Fsp3) is 0.400. The Labute approximate surface area is 187 Å². The van der Waals surface area contributed by atoms with Gasteiger partial charge in [0.05, 0.1) is 11.7 Å². The molecule has 2 saturated heterocycles. The van der Waals surface area contributed by atoms with Crippen molar-refractivity contribution in [1.82, 2.24) is 19.9 Å². The van der Waals surface area contributed by atoms with Crippen LogP contribution >= 0.6 is 0 Å². The van der Waals surface area contributed by atoms with Gasteiger partial charge in [0.25, 0.3) is 0 Å². The van der Waals surface area contributed by atoms with Gasteiger partial charge in [0, 0.05) is 49.0 Å². The largest absolute Gasteiger partial charge is 0.381 e. The van der Waals surface area contributed by atoms with Crippen LogP contribution in [0.5, 0.6) is 0 Å². The highest BCUT2D eigenvalue weighted by atomic mass is 19.1. The van der Waals surface area contributed by atoms with Gasteiger partial charge in [0.15, 0.2) is 0 Å². The summed E-state index contributed by atoms with van der Waals surface area (Å²) in [5.74, 6) is 1.20. The van der Waals surface area contributed by atoms with Crippen molar-refractivity contribution < 1.29 is 9.13 Å². The molecule has 1 aromatic carbocycles. The minimum Gasteiger partial charge on any atom is -0.381 e. The average Bonchev–Trinajstić information content (AvgIpc) is 2.85. The standard InChI is InChI=1S/C25H28FN5O/c26-19-6-3-7-20(15-19)28-24-16-22(18-5-4-11-27-17-18)29-25(30-24)23-8-1-2-12-31(23)21-9-13-32-14-10-21/h3-7,11,15-17,21,23H,1-2,8-10,12-14H2,(H,28,29,30). The zero-order chi connectivity index (χ0) is 21.8. The smallest absolute Gasteiger partial charge is 0.148 e. The van der Waals surface area contributed by atoms with E-state index in [9.17, 15) is 4.39 Å². The Hall–Kier alpha value is -2.90. The van der Waals surface area contributed by atoms with Gasteiger partial charge in [0.2, 0.25) is 0 Å². The molecular weight excluding hydrogens is 405 g/mol. The Morgan fingerprint density at radius 1 is 1.00 bits per heavy atom. The maximum atomic E-state index is 13.7. The first kappa shape index (κ1) is 21.0. The molecule has 4 heterocycles. The van der Waals surface area contributed by atoms with Crippen LogP contribution in [-0.2, 0) is 4.74 Å². The van der Waals surface area contributed by atoms with E-state index >= 15 is 0 Å². The molecule has 3 aromatic rings. The molecule has 166 valence electrons. The van der Waals surface area contributed by atoms with E-state index in [1.54, 1.807) is 12.3 Å². The molecule has 5 rings (SSSR count). The second-order valence-corrected chi connectivity index (χ2v) is 8.47. The van der Waals surface area contributed by atoms with Crippen LogP contribution in [0.15, 0.2) is 54.9 Å². The second kappa shape index (κ2) is 9.71. The van der Waals surface area contributed by atoms with Crippen LogP contribution in [-0.4, -0.2) is 45.7 Å². The third kappa shape index (κ3) is 4.79. The van der Waals surface area contributed by atoms with Gasteiger partial charge in [0.1, 0.15) is 17.5 Å². The van der Waals surface area contributed by atoms with Gasteiger partial charge in [-0.15, -0.1) is 0 Å². The van der Waals surface area contributed by atoms with E-state index in [1.165, 1.54) is 18.6 Å². The molecule has 0 amide bonds. The SMILES string of the molecule is Fc1cccc(Nc2cc(-c3cccnc3)nc(C3CCCCN3C3CCOCC3)n2)c1. The van der Waals surface area contributed by atoms with E-state index in [0.29, 0.717) is 17.5 Å². The van der Waals surface area contributed by atoms with Gasteiger partial charge >= 0.3 is 0 Å². The molecule has 0 radical (unpaired) electrons. The van der Waals surface area contributed by atoms with Crippen molar-refractivity contribution in [3.8, 4) is 11.3 Å². The van der Waals surface area contributed by atoms with Gasteiger partial charge in [-0.25, -0.2) is 14.4 Å². The molecule has 0 aliphatic carbocycles. The van der Waals surface area contributed by atoms with E-state index in [4.69, 9.17) is 14.7 Å². The number of ether oxygens (including phenoxy) is 1. The van der Waals surface area contributed by atoms with Gasteiger partial charge in [-0.1, -0.05) is 12.5 Å². The summed E-state index contributed by atoms with van der Waals surface area (Å²) >= 11 is 0. The highest BCUT2D eigenvalue weighted by Gasteiger charge is 2.33. The molecule has 2 aromatic heterocycles. The van der Waals surface area contributed by atoms with Crippen LogP contribution in [0, 0.1) is 5.82 Å². The number of hydrogen-bond acceptors (Lipinski definition) is 6. The maximum absolute atomic E-state index is 13.7. The van der Waals surface area contributed by atoms with Crippen LogP contribution in [0.25, 0.3) is 11.3 Å². The predicted octanol–water partition coefficient (Wildman–Crippen LogP) is 5.13. The van der Waals surface area contributed by atoms with Gasteiger partial charge in [-0.2, -0.15) is 0 Å². The Morgan fingerprint density at radius 3 is 2.72 bits per heavy atom. The Bertz CT molecular complexity index is 1040. The number of halogens is 1. The molecule has 2 aliphatic rings. The Morgan fingerprint density at radius 2 is 1.91 bits per heavy atom. The zero-order valence-corrected chi connectivity index (χ0v) is 18.1. The molecule has 32 heavy (non-hydrogen) atoms. The summed E-state index contributed by atoms with van der Waals surface area (Å²) in [5.41, 5.74) is 2.42. The lowest BCUT2D eigenvalue weighted by molar-refractivity contribution is 0.00218. The van der Waals surface area contributed by atoms with Crippen LogP contribution in [0.4, 0.5) is 15.9 Å². The number of aromatic nitrogens is 3. The van der Waals surface area contributed by atoms with E-state index in [1.807, 2.05) is 30.5 Å². The van der Waals surface area contributed by atoms with Gasteiger partial charge in [-0.3, -0.25) is 9.88 Å². The molecule has 7 heteroatoms. The summed E-state index contributed by atoms with van der Waals surface area (Å²) in [5, 5.41) is 3.28. The van der Waals surface area contributed by atoms with Crippen LogP contribution in [0.3, 0.4) is 0 Å². The molecular formula is C25H28FN5O. The molecule has 0 bridgehead atoms. The van der Waals surface area contributed by atoms with Crippen molar-refractivity contribution in [2.75, 3.05) is 25.1 Å². The fourth-order valence-electron chi connectivity index (χ4n) is 4.74. The predicted molar refractivity (Wildman–Crippen MR) is 122 cm³/mol. The minimum atomic E-state index is -0.283. The summed E-state index contributed by atoms with van der Waals surface area (Å²) < 4.78 is 19.3. The first-order valence-electron chi connectivity index (χ1n) is 11.4. The first-order chi connectivity index (χ1) is 15.8. The average molecular weight is 434 g/mol. The number of rotatable bonds is 5. The number of nitrogens with zero attached hydrogens (tertiary/aromatic N) is 4. The third-order valence-corrected chi connectivity index (χ3v) is 6.30. The van der Waals surface area contributed by atoms with Gasteiger partial charge in [-0.05, 0) is 62.6 Å². The summed E-state index contributed by atoms with van der Waals surface area (Å²) in [7, 11) is 0. The zero-order valence-electron chi connectivity index (χ0n) is 18.1. The first-order valence-corrected chi connectivity index (χ1v) is 11.4. The highest BCUT2D eigenvalue weighted by Crippen LogP contribution is 2.35. The van der Waals surface area contributed by atoms with Crippen molar-refractivity contribution in [2.45, 2.75) is 44.2 Å². The molecule has 0 saturated carbocycles. The number of likely N-dealkylation sites (tertiary alicyclic amines) is 1. The molecule has 0 spiro atoms. The second-order valence-electron chi connectivity index (χ2n) is 8.47. The van der Waals surface area contributed by atoms with Crippen molar-refractivity contribution in [3.05, 3.63) is 66.5 Å². The van der Waals surface area contributed by atoms with Crippen molar-refractivity contribution in [1.29, 1.82) is 0 Å². The van der Waals surface area contributed by atoms with E-state index in [0.717, 1.165) is 62.5 Å². The summed E-state index contributed by atoms with van der Waals surface area (Å²) in [4.78, 5) is 16.8. The Kier molecular flexibility index (Phi) is 6.36. The van der Waals surface area contributed by atoms with Crippen molar-refractivity contribution >= 4 is 11.5 Å². The number of nitrogens with one attached hydrogen (secondary N) is 1. The molecule has 2 aliphatic heterocycles. The number of hydrogen-bond donors (Lipinski definition) is 1. The topological polar surface area (TPSA) is 63.2 Å². The molecule has 1 atom stereocenters. The lowest BCUT2D eigenvalue weighted by Crippen LogP contribution is -2.44. The molecule has 1 unspecified atom stereocenters. The van der Waals surface area contributed by atoms with Gasteiger partial charge < -0.3 is 10.1 Å². The van der Waals surface area contributed by atoms with Crippen LogP contribution in [0.2, 0.25) is 0 Å². The summed E-state index contributed by atoms with van der Waals surface area (Å²) in [6.45, 7) is 2.69. The van der Waals surface area contributed by atoms with Crippen LogP contribution in [0.1, 0.15) is 44.0 Å². The quantitative estimate of drug-likeness (QED) is 0.602. The van der Waals surface area contributed by atoms with E-state index in [2.05, 4.69) is 15.2 Å². The third-order valence-electron chi connectivity index (χ3n) is 6.30. The Balaban J connectivity index is 1.52. The van der Waals surface area contributed by atoms with Crippen LogP contribution < -0.4 is 5.32 Å². The summed E-state index contributed by atoms with van der Waals surface area (Å²) in [6.07, 6.45) is 9.07. The summed E-state index contributed by atoms with van der Waals surface area (Å²) in [6, 6.07) is 12.9. The minimum absolute atomic E-state index is 0.163. The van der Waals surface area contributed by atoms with Crippen molar-refractivity contribution in [3.63, 3.8) is 0 Å². The number of piperidine rings is 1. The normalized spacial score (nSPS) is 20.2. The highest BCUT2D eigenvalue weighted by molar-refractivity contribution is 5.65. The monoisotopic (exact) mass is 433 g/mol. The molecule has 6 nitrogen and oxygen atoms in total. The lowest BCUT2D eigenvalue weighted by Gasteiger charge is -2.42. The number of benzene rings is 1. The van der Waals surface area contributed by atoms with E-state index in [-0.39, 0.29) is 11.9 Å². The number of anilines is 2. The maximum Gasteiger partial charge on any atom is 0.148 e. The molecule has 1 N–H and O–H groups in total. The molecule has 2 fully saturated rings. The lowest BCUT2D eigenvalue weighted by atomic mass is 9.95. The fourth-order valence-corrected chi connectivity index (χ4v) is 4.74. The number of pyridine rings is 1. The van der Waals surface area contributed by atoms with E-state index < -0.39 is 0 Å². The van der Waals surface area contributed by atoms with Crippen molar-refractivity contribution in [2.24, 2.45) is 0 Å².